The molecule has 40 heavy (non-hydrogen) atoms. The van der Waals surface area contributed by atoms with Gasteiger partial charge in [-0.25, -0.2) is 0 Å². The molecule has 4 nitrogen and oxygen atoms in total. The number of para-hydroxylation sites is 4. The predicted octanol–water partition coefficient (Wildman–Crippen LogP) is 6.60. The van der Waals surface area contributed by atoms with Crippen LogP contribution in [-0.2, 0) is 0 Å². The number of methoxy groups -OCH3 is 4. The van der Waals surface area contributed by atoms with Crippen LogP contribution in [0.3, 0.4) is 0 Å². The van der Waals surface area contributed by atoms with Gasteiger partial charge < -0.3 is 18.9 Å². The van der Waals surface area contributed by atoms with Crippen molar-refractivity contribution in [2.24, 2.45) is 0 Å². The first-order chi connectivity index (χ1) is 19.7. The second-order valence-corrected chi connectivity index (χ2v) is 14.6. The van der Waals surface area contributed by atoms with E-state index in [2.05, 4.69) is 97.1 Å². The molecular formula is C34H38O4P2. The highest BCUT2D eigenvalue weighted by atomic mass is 31.1. The Kier molecular flexibility index (Phi) is 9.63. The van der Waals surface area contributed by atoms with Crippen molar-refractivity contribution in [3.63, 3.8) is 0 Å². The summed E-state index contributed by atoms with van der Waals surface area (Å²) in [6, 6.07) is 34.3. The summed E-state index contributed by atoms with van der Waals surface area (Å²) in [6.07, 6.45) is 4.72. The van der Waals surface area contributed by atoms with Gasteiger partial charge in [-0.15, -0.1) is 0 Å². The van der Waals surface area contributed by atoms with E-state index in [0.717, 1.165) is 35.8 Å². The molecule has 0 unspecified atom stereocenters. The van der Waals surface area contributed by atoms with E-state index in [1.54, 1.807) is 28.4 Å². The van der Waals surface area contributed by atoms with Gasteiger partial charge in [-0.3, -0.25) is 0 Å². The Morgan fingerprint density at radius 2 is 0.675 bits per heavy atom. The maximum Gasteiger partial charge on any atom is 0.126 e. The van der Waals surface area contributed by atoms with E-state index in [9.17, 15) is 0 Å². The van der Waals surface area contributed by atoms with Crippen LogP contribution in [0, 0.1) is 0 Å². The molecule has 0 amide bonds. The van der Waals surface area contributed by atoms with Crippen LogP contribution < -0.4 is 40.2 Å². The van der Waals surface area contributed by atoms with E-state index >= 15 is 0 Å². The van der Waals surface area contributed by atoms with E-state index in [1.807, 2.05) is 0 Å². The van der Waals surface area contributed by atoms with E-state index in [-0.39, 0.29) is 0 Å². The second kappa shape index (κ2) is 13.5. The van der Waals surface area contributed by atoms with Crippen molar-refractivity contribution in [1.29, 1.82) is 0 Å². The number of benzene rings is 4. The fraction of sp³-hybridized carbons (Fsp3) is 0.294. The van der Waals surface area contributed by atoms with Gasteiger partial charge in [0.05, 0.1) is 28.4 Å². The molecule has 0 spiro atoms. The van der Waals surface area contributed by atoms with Crippen molar-refractivity contribution in [2.75, 3.05) is 28.4 Å². The molecule has 0 heterocycles. The van der Waals surface area contributed by atoms with Crippen LogP contribution in [0.15, 0.2) is 97.1 Å². The van der Waals surface area contributed by atoms with Gasteiger partial charge in [-0.05, 0) is 64.3 Å². The molecule has 208 valence electrons. The molecule has 1 aliphatic carbocycles. The third-order valence-electron chi connectivity index (χ3n) is 7.74. The molecule has 1 saturated carbocycles. The monoisotopic (exact) mass is 572 g/mol. The highest BCUT2D eigenvalue weighted by molar-refractivity contribution is 7.78. The van der Waals surface area contributed by atoms with E-state index < -0.39 is 15.8 Å². The third kappa shape index (κ3) is 5.71. The van der Waals surface area contributed by atoms with Crippen molar-refractivity contribution in [3.8, 4) is 23.0 Å². The van der Waals surface area contributed by atoms with Crippen molar-refractivity contribution < 1.29 is 18.9 Å². The minimum Gasteiger partial charge on any atom is -0.496 e. The fourth-order valence-electron chi connectivity index (χ4n) is 5.98. The summed E-state index contributed by atoms with van der Waals surface area (Å²) in [4.78, 5) is 0. The first-order valence-electron chi connectivity index (χ1n) is 13.8. The minimum atomic E-state index is -0.818. The van der Waals surface area contributed by atoms with Gasteiger partial charge in [-0.2, -0.15) is 0 Å². The Hall–Kier alpha value is -3.06. The van der Waals surface area contributed by atoms with Gasteiger partial charge in [0, 0.05) is 21.2 Å². The van der Waals surface area contributed by atoms with E-state index in [4.69, 9.17) is 18.9 Å². The van der Waals surface area contributed by atoms with Crippen LogP contribution in [0.25, 0.3) is 0 Å². The molecule has 5 rings (SSSR count). The maximum absolute atomic E-state index is 5.99. The fourth-order valence-corrected chi connectivity index (χ4v) is 13.2. The van der Waals surface area contributed by atoms with Crippen LogP contribution >= 0.6 is 15.8 Å². The summed E-state index contributed by atoms with van der Waals surface area (Å²) in [7, 11) is 5.49. The molecular weight excluding hydrogens is 534 g/mol. The van der Waals surface area contributed by atoms with E-state index in [0.29, 0.717) is 11.3 Å². The summed E-state index contributed by atoms with van der Waals surface area (Å²) in [5.41, 5.74) is 0.828. The molecule has 1 fully saturated rings. The summed E-state index contributed by atoms with van der Waals surface area (Å²) < 4.78 is 24.0. The van der Waals surface area contributed by atoms with Crippen molar-refractivity contribution in [1.82, 2.24) is 0 Å². The van der Waals surface area contributed by atoms with Gasteiger partial charge >= 0.3 is 0 Å². The molecule has 2 atom stereocenters. The zero-order valence-electron chi connectivity index (χ0n) is 23.7. The Balaban J connectivity index is 1.75. The number of hydrogen-bond acceptors (Lipinski definition) is 4. The van der Waals surface area contributed by atoms with Gasteiger partial charge in [0.1, 0.15) is 23.0 Å². The molecule has 0 radical (unpaired) electrons. The standard InChI is InChI=1S/C34H38O4P2/c1-35-25-15-5-9-19-29(25)39(30-20-10-6-16-26(30)36-2)33-23-13-14-24-34(33)40(31-21-11-7-17-27(31)37-3)32-22-12-8-18-28(32)38-4/h5-12,15-22,33-34H,13-14,23-24H2,1-4H3/t33-,34-/m1/s1. The van der Waals surface area contributed by atoms with Crippen molar-refractivity contribution >= 4 is 37.1 Å². The second-order valence-electron chi connectivity index (χ2n) is 9.85. The van der Waals surface area contributed by atoms with Gasteiger partial charge in [0.25, 0.3) is 0 Å². The topological polar surface area (TPSA) is 36.9 Å². The lowest BCUT2D eigenvalue weighted by molar-refractivity contribution is 0.416. The molecule has 4 aromatic carbocycles. The Morgan fingerprint density at radius 1 is 0.425 bits per heavy atom. The highest BCUT2D eigenvalue weighted by Crippen LogP contribution is 2.59. The first-order valence-corrected chi connectivity index (χ1v) is 16.6. The summed E-state index contributed by atoms with van der Waals surface area (Å²) in [5, 5.41) is 5.10. The van der Waals surface area contributed by atoms with Crippen LogP contribution in [0.1, 0.15) is 25.7 Å². The Morgan fingerprint density at radius 3 is 0.925 bits per heavy atom. The maximum atomic E-state index is 5.99. The summed E-state index contributed by atoms with van der Waals surface area (Å²) >= 11 is 0. The number of rotatable bonds is 10. The number of hydrogen-bond donors (Lipinski definition) is 0. The summed E-state index contributed by atoms with van der Waals surface area (Å²) in [6.45, 7) is 0. The van der Waals surface area contributed by atoms with Crippen LogP contribution in [0.5, 0.6) is 23.0 Å². The molecule has 6 heteroatoms. The number of ether oxygens (including phenoxy) is 4. The zero-order valence-corrected chi connectivity index (χ0v) is 25.5. The molecule has 0 bridgehead atoms. The average molecular weight is 573 g/mol. The largest absolute Gasteiger partial charge is 0.496 e. The predicted molar refractivity (Wildman–Crippen MR) is 170 cm³/mol. The van der Waals surface area contributed by atoms with Crippen molar-refractivity contribution in [3.05, 3.63) is 97.1 Å². The Bertz CT molecular complexity index is 1210. The van der Waals surface area contributed by atoms with Crippen molar-refractivity contribution in [2.45, 2.75) is 37.0 Å². The van der Waals surface area contributed by atoms with Gasteiger partial charge in [0.15, 0.2) is 0 Å². The molecule has 0 saturated heterocycles. The minimum absolute atomic E-state index is 0.414. The molecule has 4 aromatic rings. The lowest BCUT2D eigenvalue weighted by Crippen LogP contribution is -2.38. The third-order valence-corrected chi connectivity index (χ3v) is 14.1. The zero-order chi connectivity index (χ0) is 27.9. The highest BCUT2D eigenvalue weighted by Gasteiger charge is 2.42. The SMILES string of the molecule is COc1ccccc1P(c1ccccc1OC)[C@@H]1CCCC[C@H]1P(c1ccccc1OC)c1ccccc1OC. The lowest BCUT2D eigenvalue weighted by Gasteiger charge is -2.43. The van der Waals surface area contributed by atoms with Crippen LogP contribution in [-0.4, -0.2) is 39.8 Å². The summed E-state index contributed by atoms with van der Waals surface area (Å²) in [5.74, 6) is 3.79. The molecule has 0 aliphatic heterocycles. The smallest absolute Gasteiger partial charge is 0.126 e. The Labute approximate surface area is 241 Å². The van der Waals surface area contributed by atoms with Crippen LogP contribution in [0.2, 0.25) is 0 Å². The molecule has 0 aromatic heterocycles. The first kappa shape index (κ1) is 28.5. The van der Waals surface area contributed by atoms with Crippen LogP contribution in [0.4, 0.5) is 0 Å². The van der Waals surface area contributed by atoms with Gasteiger partial charge in [-0.1, -0.05) is 85.6 Å². The van der Waals surface area contributed by atoms with E-state index in [1.165, 1.54) is 34.1 Å². The lowest BCUT2D eigenvalue weighted by atomic mass is 9.99. The quantitative estimate of drug-likeness (QED) is 0.201. The van der Waals surface area contributed by atoms with Gasteiger partial charge in [0.2, 0.25) is 0 Å². The normalized spacial score (nSPS) is 17.1. The molecule has 0 N–H and O–H groups in total. The molecule has 1 aliphatic rings. The average Bonchev–Trinajstić information content (AvgIpc) is 3.03.